The monoisotopic (exact) mass is 296 g/mol. The van der Waals surface area contributed by atoms with Gasteiger partial charge in [0.25, 0.3) is 0 Å². The third-order valence-corrected chi connectivity index (χ3v) is 3.83. The van der Waals surface area contributed by atoms with E-state index >= 15 is 0 Å². The number of carbonyl (C=O) groups excluding carboxylic acids is 1. The number of carbonyl (C=O) groups is 1. The summed E-state index contributed by atoms with van der Waals surface area (Å²) in [6.07, 6.45) is 2.12. The van der Waals surface area contributed by atoms with Crippen molar-refractivity contribution in [3.8, 4) is 0 Å². The smallest absolute Gasteiger partial charge is 0.246 e. The highest BCUT2D eigenvalue weighted by Gasteiger charge is 2.16. The molecule has 0 unspecified atom stereocenters. The molecule has 1 fully saturated rings. The van der Waals surface area contributed by atoms with E-state index in [9.17, 15) is 4.79 Å². The number of rotatable bonds is 5. The molecule has 1 atom stereocenters. The van der Waals surface area contributed by atoms with Gasteiger partial charge in [0, 0.05) is 5.02 Å². The molecule has 0 spiro atoms. The fourth-order valence-electron chi connectivity index (χ4n) is 2.34. The molecule has 1 amide bonds. The Balaban J connectivity index is 1.77. The van der Waals surface area contributed by atoms with Crippen molar-refractivity contribution in [2.45, 2.75) is 31.9 Å². The molecular formula is C15H21ClN2O2. The van der Waals surface area contributed by atoms with Crippen LogP contribution < -0.4 is 10.6 Å². The first-order valence-corrected chi connectivity index (χ1v) is 7.40. The molecule has 110 valence electrons. The molecule has 1 heterocycles. The fraction of sp³-hybridized carbons (Fsp3) is 0.533. The maximum atomic E-state index is 11.9. The average molecular weight is 297 g/mol. The molecule has 2 N–H and O–H groups in total. The van der Waals surface area contributed by atoms with E-state index in [4.69, 9.17) is 16.3 Å². The zero-order valence-electron chi connectivity index (χ0n) is 11.7. The van der Waals surface area contributed by atoms with E-state index in [1.807, 2.05) is 31.2 Å². The molecule has 4 nitrogen and oxygen atoms in total. The molecule has 0 saturated carbocycles. The quantitative estimate of drug-likeness (QED) is 0.876. The van der Waals surface area contributed by atoms with Gasteiger partial charge in [-0.05, 0) is 44.5 Å². The summed E-state index contributed by atoms with van der Waals surface area (Å²) in [4.78, 5) is 11.9. The molecule has 1 aromatic rings. The van der Waals surface area contributed by atoms with Gasteiger partial charge in [0.1, 0.15) is 6.61 Å². The Morgan fingerprint density at radius 1 is 1.45 bits per heavy atom. The predicted octanol–water partition coefficient (Wildman–Crippen LogP) is 2.29. The molecule has 1 aliphatic heterocycles. The number of benzene rings is 1. The lowest BCUT2D eigenvalue weighted by molar-refractivity contribution is -0.128. The first kappa shape index (κ1) is 15.3. The van der Waals surface area contributed by atoms with E-state index in [1.165, 1.54) is 0 Å². The minimum Gasteiger partial charge on any atom is -0.368 e. The van der Waals surface area contributed by atoms with Crippen molar-refractivity contribution >= 4 is 17.5 Å². The van der Waals surface area contributed by atoms with Gasteiger partial charge in [-0.15, -0.1) is 0 Å². The van der Waals surface area contributed by atoms with Crippen LogP contribution >= 0.6 is 11.6 Å². The topological polar surface area (TPSA) is 50.4 Å². The van der Waals surface area contributed by atoms with Crippen LogP contribution in [0.1, 0.15) is 31.4 Å². The van der Waals surface area contributed by atoms with Gasteiger partial charge in [0.15, 0.2) is 0 Å². The number of hydrogen-bond donors (Lipinski definition) is 2. The summed E-state index contributed by atoms with van der Waals surface area (Å²) in [7, 11) is 0. The summed E-state index contributed by atoms with van der Waals surface area (Å²) >= 11 is 6.11. The van der Waals surface area contributed by atoms with E-state index < -0.39 is 0 Å². The molecule has 0 aromatic heterocycles. The maximum absolute atomic E-state index is 11.9. The Labute approximate surface area is 124 Å². The average Bonchev–Trinajstić information content (AvgIpc) is 2.46. The van der Waals surface area contributed by atoms with Gasteiger partial charge in [0.2, 0.25) is 5.91 Å². The lowest BCUT2D eigenvalue weighted by Crippen LogP contribution is -2.36. The SMILES string of the molecule is C[C@@H](NC(=O)COC1CCNCC1)c1ccccc1Cl. The molecule has 2 rings (SSSR count). The second-order valence-corrected chi connectivity index (χ2v) is 5.48. The molecular weight excluding hydrogens is 276 g/mol. The standard InChI is InChI=1S/C15H21ClN2O2/c1-11(13-4-2-3-5-14(13)16)18-15(19)10-20-12-6-8-17-9-7-12/h2-5,11-12,17H,6-10H2,1H3,(H,18,19)/t11-/m1/s1. The number of ether oxygens (including phenoxy) is 1. The summed E-state index contributed by atoms with van der Waals surface area (Å²) in [5, 5.41) is 6.85. The van der Waals surface area contributed by atoms with Gasteiger partial charge in [-0.2, -0.15) is 0 Å². The Morgan fingerprint density at radius 3 is 2.85 bits per heavy atom. The highest BCUT2D eigenvalue weighted by atomic mass is 35.5. The third-order valence-electron chi connectivity index (χ3n) is 3.49. The van der Waals surface area contributed by atoms with Gasteiger partial charge in [0.05, 0.1) is 12.1 Å². The number of halogens is 1. The van der Waals surface area contributed by atoms with Crippen molar-refractivity contribution in [1.29, 1.82) is 0 Å². The van der Waals surface area contributed by atoms with Crippen LogP contribution in [0.4, 0.5) is 0 Å². The summed E-state index contributed by atoms with van der Waals surface area (Å²) in [6, 6.07) is 7.41. The van der Waals surface area contributed by atoms with Crippen LogP contribution in [-0.4, -0.2) is 31.7 Å². The van der Waals surface area contributed by atoms with Gasteiger partial charge in [-0.3, -0.25) is 4.79 Å². The molecule has 1 aromatic carbocycles. The third kappa shape index (κ3) is 4.47. The zero-order chi connectivity index (χ0) is 14.4. The highest BCUT2D eigenvalue weighted by molar-refractivity contribution is 6.31. The lowest BCUT2D eigenvalue weighted by Gasteiger charge is -2.23. The minimum absolute atomic E-state index is 0.101. The number of nitrogens with one attached hydrogen (secondary N) is 2. The van der Waals surface area contributed by atoms with E-state index in [0.717, 1.165) is 31.5 Å². The summed E-state index contributed by atoms with van der Waals surface area (Å²) in [6.45, 7) is 3.95. The molecule has 1 aliphatic rings. The van der Waals surface area contributed by atoms with Gasteiger partial charge in [-0.1, -0.05) is 29.8 Å². The van der Waals surface area contributed by atoms with Crippen LogP contribution in [0, 0.1) is 0 Å². The molecule has 20 heavy (non-hydrogen) atoms. The molecule has 5 heteroatoms. The molecule has 0 aliphatic carbocycles. The number of hydrogen-bond acceptors (Lipinski definition) is 3. The van der Waals surface area contributed by atoms with Gasteiger partial charge in [-0.25, -0.2) is 0 Å². The Morgan fingerprint density at radius 2 is 2.15 bits per heavy atom. The van der Waals surface area contributed by atoms with Crippen LogP contribution in [0.25, 0.3) is 0 Å². The summed E-state index contributed by atoms with van der Waals surface area (Å²) in [5.41, 5.74) is 0.921. The van der Waals surface area contributed by atoms with Crippen molar-refractivity contribution in [3.63, 3.8) is 0 Å². The van der Waals surface area contributed by atoms with Crippen molar-refractivity contribution < 1.29 is 9.53 Å². The first-order valence-electron chi connectivity index (χ1n) is 7.03. The lowest BCUT2D eigenvalue weighted by atomic mass is 10.1. The van der Waals surface area contributed by atoms with Crippen LogP contribution in [0.3, 0.4) is 0 Å². The van der Waals surface area contributed by atoms with E-state index in [-0.39, 0.29) is 24.7 Å². The van der Waals surface area contributed by atoms with Crippen molar-refractivity contribution in [2.75, 3.05) is 19.7 Å². The summed E-state index contributed by atoms with van der Waals surface area (Å²) in [5.74, 6) is -0.101. The van der Waals surface area contributed by atoms with Crippen LogP contribution in [0.2, 0.25) is 5.02 Å². The number of piperidine rings is 1. The van der Waals surface area contributed by atoms with Crippen LogP contribution in [0.15, 0.2) is 24.3 Å². The molecule has 1 saturated heterocycles. The number of amides is 1. The van der Waals surface area contributed by atoms with Crippen LogP contribution in [-0.2, 0) is 9.53 Å². The largest absolute Gasteiger partial charge is 0.368 e. The Bertz CT molecular complexity index is 447. The zero-order valence-corrected chi connectivity index (χ0v) is 12.5. The predicted molar refractivity (Wildman–Crippen MR) is 79.9 cm³/mol. The second-order valence-electron chi connectivity index (χ2n) is 5.07. The second kappa shape index (κ2) is 7.62. The molecule has 0 bridgehead atoms. The summed E-state index contributed by atoms with van der Waals surface area (Å²) < 4.78 is 5.63. The fourth-order valence-corrected chi connectivity index (χ4v) is 2.64. The van der Waals surface area contributed by atoms with E-state index in [0.29, 0.717) is 5.02 Å². The maximum Gasteiger partial charge on any atom is 0.246 e. The highest BCUT2D eigenvalue weighted by Crippen LogP contribution is 2.21. The van der Waals surface area contributed by atoms with Gasteiger partial charge < -0.3 is 15.4 Å². The Kier molecular flexibility index (Phi) is 5.83. The first-order chi connectivity index (χ1) is 9.66. The van der Waals surface area contributed by atoms with E-state index in [1.54, 1.807) is 0 Å². The van der Waals surface area contributed by atoms with E-state index in [2.05, 4.69) is 10.6 Å². The Hall–Kier alpha value is -1.10. The normalized spacial score (nSPS) is 17.7. The minimum atomic E-state index is -0.118. The van der Waals surface area contributed by atoms with Gasteiger partial charge >= 0.3 is 0 Å². The molecule has 0 radical (unpaired) electrons. The van der Waals surface area contributed by atoms with Crippen LogP contribution in [0.5, 0.6) is 0 Å². The van der Waals surface area contributed by atoms with Crippen molar-refractivity contribution in [1.82, 2.24) is 10.6 Å². The van der Waals surface area contributed by atoms with Crippen molar-refractivity contribution in [3.05, 3.63) is 34.9 Å². The van der Waals surface area contributed by atoms with Crippen molar-refractivity contribution in [2.24, 2.45) is 0 Å².